The molecule has 0 aliphatic carbocycles. The van der Waals surface area contributed by atoms with Gasteiger partial charge in [-0.2, -0.15) is 0 Å². The van der Waals surface area contributed by atoms with Gasteiger partial charge in [-0.1, -0.05) is 36.4 Å². The summed E-state index contributed by atoms with van der Waals surface area (Å²) in [5.74, 6) is -1.70. The van der Waals surface area contributed by atoms with Gasteiger partial charge in [0.05, 0.1) is 18.5 Å². The van der Waals surface area contributed by atoms with Gasteiger partial charge in [0.25, 0.3) is 0 Å². The minimum atomic E-state index is -1.03. The Morgan fingerprint density at radius 2 is 1.62 bits per heavy atom. The quantitative estimate of drug-likeness (QED) is 0.340. The highest BCUT2D eigenvalue weighted by Crippen LogP contribution is 2.29. The minimum Gasteiger partial charge on any atom is -0.478 e. The smallest absolute Gasteiger partial charge is 0.335 e. The van der Waals surface area contributed by atoms with Gasteiger partial charge >= 0.3 is 5.97 Å². The normalized spacial score (nSPS) is 11.9. The Morgan fingerprint density at radius 1 is 0.941 bits per heavy atom. The first kappa shape index (κ1) is 23.3. The van der Waals surface area contributed by atoms with Crippen LogP contribution < -0.4 is 0 Å². The lowest BCUT2D eigenvalue weighted by molar-refractivity contribution is 0.0689. The number of halogens is 2. The summed E-state index contributed by atoms with van der Waals surface area (Å²) in [5, 5.41) is 9.86. The molecule has 3 aromatic carbocycles. The fourth-order valence-electron chi connectivity index (χ4n) is 3.82. The van der Waals surface area contributed by atoms with Crippen LogP contribution in [0.4, 0.5) is 8.78 Å². The second-order valence-electron chi connectivity index (χ2n) is 7.95. The highest BCUT2D eigenvalue weighted by Gasteiger charge is 2.19. The van der Waals surface area contributed by atoms with Crippen molar-refractivity contribution in [2.75, 3.05) is 6.61 Å². The molecule has 0 amide bonds. The predicted octanol–water partition coefficient (Wildman–Crippen LogP) is 5.45. The van der Waals surface area contributed by atoms with Crippen LogP contribution >= 0.6 is 0 Å². The average Bonchev–Trinajstić information content (AvgIpc) is 3.36. The molecule has 4 rings (SSSR count). The Balaban J connectivity index is 1.57. The second-order valence-corrected chi connectivity index (χ2v) is 7.95. The highest BCUT2D eigenvalue weighted by atomic mass is 19.1. The van der Waals surface area contributed by atoms with Crippen LogP contribution in [0, 0.1) is 11.6 Å². The number of aromatic carboxylic acids is 1. The molecule has 1 N–H and O–H groups in total. The third kappa shape index (κ3) is 5.94. The SMILES string of the molecule is O=C(O)c1cc(C(OCCn2ccnc2)c2ccc(F)cc2)ccc1CCc1ccc(F)cc1. The largest absolute Gasteiger partial charge is 0.478 e. The topological polar surface area (TPSA) is 64.3 Å². The molecule has 0 fully saturated rings. The van der Waals surface area contributed by atoms with E-state index in [2.05, 4.69) is 4.98 Å². The van der Waals surface area contributed by atoms with Gasteiger partial charge in [0.15, 0.2) is 0 Å². The van der Waals surface area contributed by atoms with E-state index in [0.717, 1.165) is 11.1 Å². The molecule has 1 atom stereocenters. The molecule has 1 heterocycles. The Kier molecular flexibility index (Phi) is 7.44. The van der Waals surface area contributed by atoms with Gasteiger partial charge < -0.3 is 14.4 Å². The van der Waals surface area contributed by atoms with Crippen LogP contribution in [0.5, 0.6) is 0 Å². The maximum atomic E-state index is 13.5. The van der Waals surface area contributed by atoms with E-state index in [1.54, 1.807) is 48.9 Å². The molecule has 0 saturated carbocycles. The molecular weight excluding hydrogens is 438 g/mol. The number of imidazole rings is 1. The lowest BCUT2D eigenvalue weighted by Gasteiger charge is -2.20. The van der Waals surface area contributed by atoms with Gasteiger partial charge in [0.1, 0.15) is 17.7 Å². The summed E-state index contributed by atoms with van der Waals surface area (Å²) in [4.78, 5) is 16.1. The molecule has 0 aliphatic heterocycles. The number of aryl methyl sites for hydroxylation is 2. The number of carboxylic acids is 1. The third-order valence-electron chi connectivity index (χ3n) is 5.63. The summed E-state index contributed by atoms with van der Waals surface area (Å²) in [6.45, 7) is 0.923. The summed E-state index contributed by atoms with van der Waals surface area (Å²) in [6, 6.07) is 17.4. The first-order chi connectivity index (χ1) is 16.5. The van der Waals surface area contributed by atoms with Crippen LogP contribution in [0.1, 0.15) is 38.7 Å². The summed E-state index contributed by atoms with van der Waals surface area (Å²) in [7, 11) is 0. The third-order valence-corrected chi connectivity index (χ3v) is 5.63. The molecule has 0 spiro atoms. The van der Waals surface area contributed by atoms with Crippen LogP contribution in [0.2, 0.25) is 0 Å². The summed E-state index contributed by atoms with van der Waals surface area (Å²) in [5.41, 5.74) is 3.18. The number of rotatable bonds is 10. The van der Waals surface area contributed by atoms with Crippen molar-refractivity contribution in [2.24, 2.45) is 0 Å². The van der Waals surface area contributed by atoms with E-state index in [1.165, 1.54) is 24.3 Å². The van der Waals surface area contributed by atoms with Crippen LogP contribution in [-0.4, -0.2) is 27.2 Å². The summed E-state index contributed by atoms with van der Waals surface area (Å²) < 4.78 is 34.7. The van der Waals surface area contributed by atoms with Crippen molar-refractivity contribution < 1.29 is 23.4 Å². The van der Waals surface area contributed by atoms with Crippen LogP contribution in [0.25, 0.3) is 0 Å². The van der Waals surface area contributed by atoms with Crippen molar-refractivity contribution in [2.45, 2.75) is 25.5 Å². The van der Waals surface area contributed by atoms with Crippen molar-refractivity contribution >= 4 is 5.97 Å². The van der Waals surface area contributed by atoms with Crippen molar-refractivity contribution in [3.8, 4) is 0 Å². The first-order valence-corrected chi connectivity index (χ1v) is 10.9. The van der Waals surface area contributed by atoms with Gasteiger partial charge in [0.2, 0.25) is 0 Å². The van der Waals surface area contributed by atoms with E-state index >= 15 is 0 Å². The zero-order valence-corrected chi connectivity index (χ0v) is 18.4. The van der Waals surface area contributed by atoms with Gasteiger partial charge in [-0.05, 0) is 65.4 Å². The van der Waals surface area contributed by atoms with Crippen molar-refractivity contribution in [1.82, 2.24) is 9.55 Å². The number of aromatic nitrogens is 2. The number of ether oxygens (including phenoxy) is 1. The average molecular weight is 462 g/mol. The van der Waals surface area contributed by atoms with Gasteiger partial charge in [-0.25, -0.2) is 18.6 Å². The molecule has 34 heavy (non-hydrogen) atoms. The van der Waals surface area contributed by atoms with Crippen molar-refractivity contribution in [3.63, 3.8) is 0 Å². The number of benzene rings is 3. The fourth-order valence-corrected chi connectivity index (χ4v) is 3.82. The van der Waals surface area contributed by atoms with Crippen LogP contribution in [0.15, 0.2) is 85.5 Å². The van der Waals surface area contributed by atoms with Gasteiger partial charge in [-0.3, -0.25) is 0 Å². The van der Waals surface area contributed by atoms with E-state index < -0.39 is 12.1 Å². The molecule has 0 radical (unpaired) electrons. The molecule has 174 valence electrons. The maximum absolute atomic E-state index is 13.5. The lowest BCUT2D eigenvalue weighted by Crippen LogP contribution is -2.13. The first-order valence-electron chi connectivity index (χ1n) is 10.9. The molecule has 4 aromatic rings. The second kappa shape index (κ2) is 10.9. The minimum absolute atomic E-state index is 0.185. The van der Waals surface area contributed by atoms with E-state index in [0.29, 0.717) is 37.1 Å². The van der Waals surface area contributed by atoms with Crippen LogP contribution in [-0.2, 0) is 24.1 Å². The van der Waals surface area contributed by atoms with Crippen molar-refractivity contribution in [3.05, 3.63) is 125 Å². The standard InChI is InChI=1S/C27H24F2N2O3/c28-23-9-2-19(3-10-23)1-4-20-5-6-22(17-25(20)27(32)33)26(21-7-11-24(29)12-8-21)34-16-15-31-14-13-30-18-31/h2-3,5-14,17-18,26H,1,4,15-16H2,(H,32,33). The zero-order chi connectivity index (χ0) is 23.9. The van der Waals surface area contributed by atoms with Gasteiger partial charge in [-0.15, -0.1) is 0 Å². The Morgan fingerprint density at radius 3 is 2.26 bits per heavy atom. The fraction of sp³-hybridized carbons (Fsp3) is 0.185. The molecular formula is C27H24F2N2O3. The van der Waals surface area contributed by atoms with E-state index in [-0.39, 0.29) is 17.2 Å². The zero-order valence-electron chi connectivity index (χ0n) is 18.4. The van der Waals surface area contributed by atoms with Gasteiger partial charge in [0, 0.05) is 18.9 Å². The summed E-state index contributed by atoms with van der Waals surface area (Å²) in [6.07, 6.45) is 5.72. The molecule has 0 saturated heterocycles. The maximum Gasteiger partial charge on any atom is 0.335 e. The molecule has 0 aliphatic rings. The van der Waals surface area contributed by atoms with E-state index in [9.17, 15) is 18.7 Å². The summed E-state index contributed by atoms with van der Waals surface area (Å²) >= 11 is 0. The number of hydrogen-bond acceptors (Lipinski definition) is 3. The predicted molar refractivity (Wildman–Crippen MR) is 124 cm³/mol. The molecule has 1 aromatic heterocycles. The van der Waals surface area contributed by atoms with Crippen LogP contribution in [0.3, 0.4) is 0 Å². The highest BCUT2D eigenvalue weighted by molar-refractivity contribution is 5.89. The molecule has 1 unspecified atom stereocenters. The number of hydrogen-bond donors (Lipinski definition) is 1. The Labute approximate surface area is 196 Å². The number of carboxylic acid groups (broad SMARTS) is 1. The molecule has 5 nitrogen and oxygen atoms in total. The monoisotopic (exact) mass is 462 g/mol. The number of nitrogens with zero attached hydrogens (tertiary/aromatic N) is 2. The number of carbonyl (C=O) groups is 1. The Bertz CT molecular complexity index is 1220. The van der Waals surface area contributed by atoms with Crippen molar-refractivity contribution in [1.29, 1.82) is 0 Å². The molecule has 7 heteroatoms. The Hall–Kier alpha value is -3.84. The molecule has 0 bridgehead atoms. The van der Waals surface area contributed by atoms with E-state index in [4.69, 9.17) is 4.74 Å². The van der Waals surface area contributed by atoms with E-state index in [1.807, 2.05) is 16.8 Å². The lowest BCUT2D eigenvalue weighted by atomic mass is 9.94.